The van der Waals surface area contributed by atoms with E-state index in [1.54, 1.807) is 24.3 Å². The van der Waals surface area contributed by atoms with E-state index in [1.165, 1.54) is 6.07 Å². The van der Waals surface area contributed by atoms with Crippen LogP contribution in [0.4, 0.5) is 5.69 Å². The van der Waals surface area contributed by atoms with Gasteiger partial charge in [0.2, 0.25) is 5.88 Å². The number of nitro groups is 1. The number of rotatable bonds is 4. The Morgan fingerprint density at radius 2 is 1.93 bits per heavy atom. The van der Waals surface area contributed by atoms with Crippen LogP contribution in [-0.4, -0.2) is 15.0 Å². The van der Waals surface area contributed by atoms with Crippen LogP contribution in [0.2, 0.25) is 0 Å². The molecule has 0 fully saturated rings. The third-order valence-corrected chi connectivity index (χ3v) is 6.44. The number of aromatic amines is 1. The summed E-state index contributed by atoms with van der Waals surface area (Å²) in [5.41, 5.74) is 2.21. The van der Waals surface area contributed by atoms with Crippen LogP contribution in [0.5, 0.6) is 17.4 Å². The van der Waals surface area contributed by atoms with Crippen LogP contribution in [0.3, 0.4) is 0 Å². The number of aryl methyl sites for hydroxylation is 1. The third kappa shape index (κ3) is 3.02. The lowest BCUT2D eigenvalue weighted by Gasteiger charge is -2.12. The SMILES string of the molecule is O=c1[nH]c(O)c([C@@H]2CCc3cc(Oc4ccc([N+](=O)[O-])c5ccccc45)ccc32)s1. The lowest BCUT2D eigenvalue weighted by Crippen LogP contribution is -1.95. The molecule has 7 nitrogen and oxygen atoms in total. The van der Waals surface area contributed by atoms with E-state index in [-0.39, 0.29) is 22.4 Å². The summed E-state index contributed by atoms with van der Waals surface area (Å²) in [5.74, 6) is 1.12. The first kappa shape index (κ1) is 18.4. The Bertz CT molecular complexity index is 1360. The molecular formula is C22H16N2O5S. The molecule has 1 aliphatic rings. The van der Waals surface area contributed by atoms with Crippen molar-refractivity contribution in [2.75, 3.05) is 0 Å². The number of hydrogen-bond acceptors (Lipinski definition) is 6. The molecule has 0 radical (unpaired) electrons. The second kappa shape index (κ2) is 7.00. The second-order valence-corrected chi connectivity index (χ2v) is 8.18. The van der Waals surface area contributed by atoms with Gasteiger partial charge in [0.1, 0.15) is 11.5 Å². The zero-order valence-electron chi connectivity index (χ0n) is 15.6. The average Bonchev–Trinajstić information content (AvgIpc) is 3.29. The van der Waals surface area contributed by atoms with Crippen molar-refractivity contribution in [3.8, 4) is 17.4 Å². The first-order chi connectivity index (χ1) is 14.5. The molecule has 0 amide bonds. The fraction of sp³-hybridized carbons (Fsp3) is 0.136. The van der Waals surface area contributed by atoms with Crippen LogP contribution >= 0.6 is 11.3 Å². The minimum absolute atomic E-state index is 0.0156. The van der Waals surface area contributed by atoms with Crippen molar-refractivity contribution in [2.24, 2.45) is 0 Å². The summed E-state index contributed by atoms with van der Waals surface area (Å²) in [6, 6.07) is 15.9. The van der Waals surface area contributed by atoms with E-state index in [2.05, 4.69) is 4.98 Å². The lowest BCUT2D eigenvalue weighted by atomic mass is 10.00. The van der Waals surface area contributed by atoms with Crippen molar-refractivity contribution >= 4 is 27.8 Å². The average molecular weight is 420 g/mol. The molecule has 0 spiro atoms. The molecule has 150 valence electrons. The summed E-state index contributed by atoms with van der Waals surface area (Å²) in [7, 11) is 0. The minimum atomic E-state index is -0.396. The Balaban J connectivity index is 1.49. The molecule has 0 bridgehead atoms. The maximum absolute atomic E-state index is 11.6. The van der Waals surface area contributed by atoms with Gasteiger partial charge in [-0.25, -0.2) is 0 Å². The standard InChI is InChI=1S/C22H16N2O5S/c25-21-20(30-22(26)23-21)17-7-5-12-11-13(6-8-14(12)17)29-19-10-9-18(24(27)28)15-3-1-2-4-16(15)19/h1-4,6,8-11,17,25H,5,7H2,(H,23,26)/t17-/m1/s1. The van der Waals surface area contributed by atoms with E-state index in [4.69, 9.17) is 4.74 Å². The quantitative estimate of drug-likeness (QED) is 0.354. The molecule has 1 atom stereocenters. The number of aromatic nitrogens is 1. The van der Waals surface area contributed by atoms with Gasteiger partial charge in [-0.15, -0.1) is 0 Å². The Kier molecular flexibility index (Phi) is 4.29. The van der Waals surface area contributed by atoms with E-state index in [0.717, 1.165) is 35.3 Å². The number of aromatic hydroxyl groups is 1. The van der Waals surface area contributed by atoms with Gasteiger partial charge in [-0.2, -0.15) is 0 Å². The van der Waals surface area contributed by atoms with Gasteiger partial charge >= 0.3 is 4.87 Å². The number of nitrogens with one attached hydrogen (secondary N) is 1. The molecule has 0 saturated heterocycles. The molecule has 1 heterocycles. The fourth-order valence-electron chi connectivity index (χ4n) is 4.13. The Labute approximate surface area is 174 Å². The van der Waals surface area contributed by atoms with Gasteiger partial charge in [-0.1, -0.05) is 35.6 Å². The van der Waals surface area contributed by atoms with Gasteiger partial charge in [0, 0.05) is 17.4 Å². The molecule has 5 rings (SSSR count). The summed E-state index contributed by atoms with van der Waals surface area (Å²) < 4.78 is 6.09. The molecule has 0 saturated carbocycles. The van der Waals surface area contributed by atoms with Crippen LogP contribution in [0, 0.1) is 10.1 Å². The normalized spacial score (nSPS) is 15.3. The second-order valence-electron chi connectivity index (χ2n) is 7.17. The van der Waals surface area contributed by atoms with Crippen molar-refractivity contribution in [3.05, 3.63) is 90.4 Å². The van der Waals surface area contributed by atoms with Crippen molar-refractivity contribution in [1.29, 1.82) is 0 Å². The molecule has 2 N–H and O–H groups in total. The molecule has 0 aliphatic heterocycles. The molecule has 3 aromatic carbocycles. The van der Waals surface area contributed by atoms with Gasteiger partial charge in [-0.05, 0) is 48.2 Å². The van der Waals surface area contributed by atoms with Crippen LogP contribution in [0.1, 0.15) is 28.3 Å². The van der Waals surface area contributed by atoms with Crippen molar-refractivity contribution < 1.29 is 14.8 Å². The topological polar surface area (TPSA) is 105 Å². The highest BCUT2D eigenvalue weighted by molar-refractivity contribution is 7.09. The molecule has 1 aromatic heterocycles. The smallest absolute Gasteiger partial charge is 0.307 e. The number of hydrogen-bond donors (Lipinski definition) is 2. The summed E-state index contributed by atoms with van der Waals surface area (Å²) in [4.78, 5) is 25.3. The summed E-state index contributed by atoms with van der Waals surface area (Å²) in [6.07, 6.45) is 1.62. The molecule has 0 unspecified atom stereocenters. The van der Waals surface area contributed by atoms with Crippen molar-refractivity contribution in [2.45, 2.75) is 18.8 Å². The van der Waals surface area contributed by atoms with E-state index in [1.807, 2.05) is 24.3 Å². The number of benzene rings is 3. The van der Waals surface area contributed by atoms with Crippen molar-refractivity contribution in [1.82, 2.24) is 4.98 Å². The first-order valence-corrected chi connectivity index (χ1v) is 10.2. The number of thiazole rings is 1. The van der Waals surface area contributed by atoms with E-state index >= 15 is 0 Å². The number of fused-ring (bicyclic) bond motifs is 2. The number of nitrogens with zero attached hydrogens (tertiary/aromatic N) is 1. The van der Waals surface area contributed by atoms with Gasteiger partial charge in [0.15, 0.2) is 0 Å². The fourth-order valence-corrected chi connectivity index (χ4v) is 5.01. The third-order valence-electron chi connectivity index (χ3n) is 5.45. The maximum atomic E-state index is 11.6. The summed E-state index contributed by atoms with van der Waals surface area (Å²) >= 11 is 1.04. The summed E-state index contributed by atoms with van der Waals surface area (Å²) in [6.45, 7) is 0. The molecule has 4 aromatic rings. The van der Waals surface area contributed by atoms with Gasteiger partial charge in [0.05, 0.1) is 15.2 Å². The molecule has 1 aliphatic carbocycles. The zero-order valence-corrected chi connectivity index (χ0v) is 16.4. The molecule has 8 heteroatoms. The number of non-ortho nitro benzene ring substituents is 1. The van der Waals surface area contributed by atoms with E-state index in [9.17, 15) is 20.0 Å². The monoisotopic (exact) mass is 420 g/mol. The van der Waals surface area contributed by atoms with Gasteiger partial charge in [0.25, 0.3) is 5.69 Å². The Morgan fingerprint density at radius 3 is 2.67 bits per heavy atom. The minimum Gasteiger partial charge on any atom is -0.494 e. The van der Waals surface area contributed by atoms with Crippen LogP contribution in [0.15, 0.2) is 59.4 Å². The van der Waals surface area contributed by atoms with Gasteiger partial charge < -0.3 is 9.84 Å². The lowest BCUT2D eigenvalue weighted by molar-refractivity contribution is -0.383. The van der Waals surface area contributed by atoms with Crippen LogP contribution < -0.4 is 9.61 Å². The highest BCUT2D eigenvalue weighted by Gasteiger charge is 2.28. The zero-order chi connectivity index (χ0) is 20.8. The van der Waals surface area contributed by atoms with Gasteiger partial charge in [-0.3, -0.25) is 19.9 Å². The number of H-pyrrole nitrogens is 1. The molecular weight excluding hydrogens is 404 g/mol. The van der Waals surface area contributed by atoms with E-state index in [0.29, 0.717) is 27.1 Å². The van der Waals surface area contributed by atoms with Crippen molar-refractivity contribution in [3.63, 3.8) is 0 Å². The first-order valence-electron chi connectivity index (χ1n) is 9.40. The Hall–Kier alpha value is -3.65. The van der Waals surface area contributed by atoms with Crippen LogP contribution in [0.25, 0.3) is 10.8 Å². The maximum Gasteiger partial charge on any atom is 0.307 e. The number of ether oxygens (including phenoxy) is 1. The van der Waals surface area contributed by atoms with Crippen LogP contribution in [-0.2, 0) is 6.42 Å². The predicted octanol–water partition coefficient (Wildman–Crippen LogP) is 5.07. The predicted molar refractivity (Wildman–Crippen MR) is 114 cm³/mol. The highest BCUT2D eigenvalue weighted by atomic mass is 32.1. The largest absolute Gasteiger partial charge is 0.494 e. The highest BCUT2D eigenvalue weighted by Crippen LogP contribution is 2.44. The van der Waals surface area contributed by atoms with E-state index < -0.39 is 4.92 Å². The molecule has 30 heavy (non-hydrogen) atoms. The Morgan fingerprint density at radius 1 is 1.13 bits per heavy atom. The summed E-state index contributed by atoms with van der Waals surface area (Å²) in [5, 5.41) is 22.5. The number of nitro benzene ring substituents is 1.